The first kappa shape index (κ1) is 17.7. The number of alkyl halides is 3. The number of carbonyl (C=O) groups is 1. The van der Waals surface area contributed by atoms with E-state index in [4.69, 9.17) is 4.74 Å². The molecule has 0 atom stereocenters. The minimum Gasteiger partial charge on any atom is -0.493 e. The van der Waals surface area contributed by atoms with E-state index in [1.807, 2.05) is 0 Å². The van der Waals surface area contributed by atoms with Crippen LogP contribution >= 0.6 is 0 Å². The Morgan fingerprint density at radius 3 is 2.59 bits per heavy atom. The summed E-state index contributed by atoms with van der Waals surface area (Å²) in [4.78, 5) is 20.7. The third-order valence-corrected chi connectivity index (χ3v) is 2.57. The molecule has 0 unspecified atom stereocenters. The summed E-state index contributed by atoms with van der Waals surface area (Å²) in [5.74, 6) is -0.979. The summed E-state index contributed by atoms with van der Waals surface area (Å²) < 4.78 is 48.2. The number of non-ortho nitro benzene ring substituents is 1. The number of nitro benzene ring substituents is 1. The molecule has 22 heavy (non-hydrogen) atoms. The summed E-state index contributed by atoms with van der Waals surface area (Å²) in [6.45, 7) is 1.72. The van der Waals surface area contributed by atoms with Gasteiger partial charge in [-0.2, -0.15) is 13.2 Å². The van der Waals surface area contributed by atoms with Gasteiger partial charge in [-0.15, -0.1) is 0 Å². The molecule has 122 valence electrons. The van der Waals surface area contributed by atoms with Crippen LogP contribution in [-0.4, -0.2) is 24.1 Å². The molecule has 0 fully saturated rings. The van der Waals surface area contributed by atoms with Gasteiger partial charge < -0.3 is 9.47 Å². The standard InChI is InChI=1S/C13H14F3NO5/c1-2-21-12(18)4-3-7-22-11-6-5-9(17(19)20)8-10(11)13(14,15)16/h5-6,8H,2-4,7H2,1H3. The Kier molecular flexibility index (Phi) is 6.14. The van der Waals surface area contributed by atoms with Crippen molar-refractivity contribution in [2.45, 2.75) is 25.9 Å². The number of hydrogen-bond acceptors (Lipinski definition) is 5. The van der Waals surface area contributed by atoms with Gasteiger partial charge in [-0.25, -0.2) is 0 Å². The molecular weight excluding hydrogens is 307 g/mol. The number of hydrogen-bond donors (Lipinski definition) is 0. The molecule has 0 aliphatic heterocycles. The second-order valence-corrected chi connectivity index (χ2v) is 4.19. The number of ether oxygens (including phenoxy) is 2. The topological polar surface area (TPSA) is 78.7 Å². The van der Waals surface area contributed by atoms with E-state index >= 15 is 0 Å². The number of halogens is 3. The molecule has 0 amide bonds. The molecule has 0 spiro atoms. The first-order valence-electron chi connectivity index (χ1n) is 6.39. The van der Waals surface area contributed by atoms with Crippen LogP contribution in [0.15, 0.2) is 18.2 Å². The fourth-order valence-electron chi connectivity index (χ4n) is 1.61. The first-order chi connectivity index (χ1) is 10.3. The minimum absolute atomic E-state index is 0.0160. The van der Waals surface area contributed by atoms with E-state index in [0.29, 0.717) is 6.07 Å². The Bertz CT molecular complexity index is 545. The van der Waals surface area contributed by atoms with E-state index in [2.05, 4.69) is 4.74 Å². The maximum atomic E-state index is 12.9. The number of nitro groups is 1. The van der Waals surface area contributed by atoms with Crippen molar-refractivity contribution >= 4 is 11.7 Å². The van der Waals surface area contributed by atoms with Gasteiger partial charge in [-0.05, 0) is 19.4 Å². The lowest BCUT2D eigenvalue weighted by Crippen LogP contribution is -2.11. The lowest BCUT2D eigenvalue weighted by atomic mass is 10.1. The maximum absolute atomic E-state index is 12.9. The summed E-state index contributed by atoms with van der Waals surface area (Å²) in [5.41, 5.74) is -1.90. The van der Waals surface area contributed by atoms with Crippen molar-refractivity contribution < 1.29 is 32.4 Å². The van der Waals surface area contributed by atoms with Gasteiger partial charge in [0.1, 0.15) is 11.3 Å². The fraction of sp³-hybridized carbons (Fsp3) is 0.462. The molecule has 1 aromatic carbocycles. The third kappa shape index (κ3) is 5.23. The van der Waals surface area contributed by atoms with Crippen LogP contribution in [0.3, 0.4) is 0 Å². The van der Waals surface area contributed by atoms with Gasteiger partial charge in [0.25, 0.3) is 5.69 Å². The zero-order valence-corrected chi connectivity index (χ0v) is 11.7. The highest BCUT2D eigenvalue weighted by Gasteiger charge is 2.36. The first-order valence-corrected chi connectivity index (χ1v) is 6.39. The zero-order valence-electron chi connectivity index (χ0n) is 11.7. The smallest absolute Gasteiger partial charge is 0.420 e. The van der Waals surface area contributed by atoms with Gasteiger partial charge in [-0.3, -0.25) is 14.9 Å². The second kappa shape index (κ2) is 7.62. The van der Waals surface area contributed by atoms with E-state index in [0.717, 1.165) is 12.1 Å². The molecule has 0 heterocycles. The number of carbonyl (C=O) groups excluding carboxylic acids is 1. The third-order valence-electron chi connectivity index (χ3n) is 2.57. The van der Waals surface area contributed by atoms with E-state index in [-0.39, 0.29) is 26.1 Å². The van der Waals surface area contributed by atoms with Crippen molar-refractivity contribution in [2.75, 3.05) is 13.2 Å². The molecule has 0 aromatic heterocycles. The summed E-state index contributed by atoms with van der Waals surface area (Å²) in [5, 5.41) is 10.5. The van der Waals surface area contributed by atoms with Crippen molar-refractivity contribution in [1.82, 2.24) is 0 Å². The fourth-order valence-corrected chi connectivity index (χ4v) is 1.61. The Balaban J connectivity index is 2.74. The van der Waals surface area contributed by atoms with Gasteiger partial charge >= 0.3 is 12.1 Å². The van der Waals surface area contributed by atoms with Crippen molar-refractivity contribution in [2.24, 2.45) is 0 Å². The molecule has 0 saturated heterocycles. The highest BCUT2D eigenvalue weighted by molar-refractivity contribution is 5.69. The molecular formula is C13H14F3NO5. The average Bonchev–Trinajstić information content (AvgIpc) is 2.42. The van der Waals surface area contributed by atoms with Crippen LogP contribution in [-0.2, 0) is 15.7 Å². The molecule has 1 rings (SSSR count). The number of benzene rings is 1. The molecule has 0 aliphatic rings. The Morgan fingerprint density at radius 1 is 1.36 bits per heavy atom. The SMILES string of the molecule is CCOC(=O)CCCOc1ccc([N+](=O)[O-])cc1C(F)(F)F. The number of esters is 1. The van der Waals surface area contributed by atoms with E-state index < -0.39 is 34.1 Å². The van der Waals surface area contributed by atoms with Gasteiger partial charge in [0.15, 0.2) is 0 Å². The van der Waals surface area contributed by atoms with Crippen molar-refractivity contribution in [1.29, 1.82) is 0 Å². The summed E-state index contributed by atoms with van der Waals surface area (Å²) in [7, 11) is 0. The van der Waals surface area contributed by atoms with E-state index in [1.54, 1.807) is 6.92 Å². The van der Waals surface area contributed by atoms with E-state index in [1.165, 1.54) is 0 Å². The van der Waals surface area contributed by atoms with Crippen LogP contribution in [0.5, 0.6) is 5.75 Å². The molecule has 0 radical (unpaired) electrons. The van der Waals surface area contributed by atoms with Crippen LogP contribution in [0.2, 0.25) is 0 Å². The Labute approximate surface area is 124 Å². The van der Waals surface area contributed by atoms with Crippen molar-refractivity contribution in [3.8, 4) is 5.75 Å². The van der Waals surface area contributed by atoms with Crippen LogP contribution in [0.1, 0.15) is 25.3 Å². The molecule has 9 heteroatoms. The number of nitrogens with zero attached hydrogens (tertiary/aromatic N) is 1. The van der Waals surface area contributed by atoms with E-state index in [9.17, 15) is 28.1 Å². The molecule has 0 aliphatic carbocycles. The van der Waals surface area contributed by atoms with Crippen LogP contribution < -0.4 is 4.74 Å². The lowest BCUT2D eigenvalue weighted by molar-refractivity contribution is -0.385. The van der Waals surface area contributed by atoms with Gasteiger partial charge in [0, 0.05) is 18.6 Å². The molecule has 0 saturated carbocycles. The summed E-state index contributed by atoms with van der Waals surface area (Å²) >= 11 is 0. The Morgan fingerprint density at radius 2 is 2.05 bits per heavy atom. The molecule has 0 bridgehead atoms. The predicted molar refractivity (Wildman–Crippen MR) is 69.5 cm³/mol. The van der Waals surface area contributed by atoms with Crippen LogP contribution in [0.4, 0.5) is 18.9 Å². The lowest BCUT2D eigenvalue weighted by Gasteiger charge is -2.13. The van der Waals surface area contributed by atoms with Crippen molar-refractivity contribution in [3.05, 3.63) is 33.9 Å². The van der Waals surface area contributed by atoms with Gasteiger partial charge in [0.05, 0.1) is 18.1 Å². The monoisotopic (exact) mass is 321 g/mol. The second-order valence-electron chi connectivity index (χ2n) is 4.19. The zero-order chi connectivity index (χ0) is 16.8. The van der Waals surface area contributed by atoms with Gasteiger partial charge in [0.2, 0.25) is 0 Å². The molecule has 1 aromatic rings. The molecule has 6 nitrogen and oxygen atoms in total. The van der Waals surface area contributed by atoms with Crippen molar-refractivity contribution in [3.63, 3.8) is 0 Å². The quantitative estimate of drug-likeness (QED) is 0.333. The number of rotatable bonds is 7. The van der Waals surface area contributed by atoms with Crippen LogP contribution in [0, 0.1) is 10.1 Å². The minimum atomic E-state index is -4.78. The maximum Gasteiger partial charge on any atom is 0.420 e. The normalized spacial score (nSPS) is 11.1. The largest absolute Gasteiger partial charge is 0.493 e. The predicted octanol–water partition coefficient (Wildman–Crippen LogP) is 3.34. The summed E-state index contributed by atoms with van der Waals surface area (Å²) in [6.07, 6.45) is -4.59. The molecule has 0 N–H and O–H groups in total. The highest BCUT2D eigenvalue weighted by atomic mass is 19.4. The summed E-state index contributed by atoms with van der Waals surface area (Å²) in [6, 6.07) is 2.24. The highest BCUT2D eigenvalue weighted by Crippen LogP contribution is 2.38. The van der Waals surface area contributed by atoms with Crippen LogP contribution in [0.25, 0.3) is 0 Å². The average molecular weight is 321 g/mol. The van der Waals surface area contributed by atoms with Gasteiger partial charge in [-0.1, -0.05) is 0 Å². The Hall–Kier alpha value is -2.32.